The molecule has 0 heterocycles. The standard InChI is InChI=1S/C14H22N2O3/c1-4-16-14(17)7-8-15-10-11-9-12(18-2)5-6-13(11)19-3/h5-6,9,15H,4,7-8,10H2,1-3H3,(H,16,17). The van der Waals surface area contributed by atoms with Gasteiger partial charge < -0.3 is 20.1 Å². The highest BCUT2D eigenvalue weighted by Gasteiger charge is 2.05. The zero-order chi connectivity index (χ0) is 14.1. The number of ether oxygens (including phenoxy) is 2. The first kappa shape index (κ1) is 15.3. The van der Waals surface area contributed by atoms with Gasteiger partial charge in [-0.25, -0.2) is 0 Å². The van der Waals surface area contributed by atoms with Gasteiger partial charge in [0.1, 0.15) is 11.5 Å². The molecule has 0 saturated carbocycles. The molecule has 0 radical (unpaired) electrons. The maximum absolute atomic E-state index is 11.3. The van der Waals surface area contributed by atoms with Gasteiger partial charge in [0, 0.05) is 31.6 Å². The molecule has 5 nitrogen and oxygen atoms in total. The fraction of sp³-hybridized carbons (Fsp3) is 0.500. The van der Waals surface area contributed by atoms with E-state index in [0.717, 1.165) is 17.1 Å². The van der Waals surface area contributed by atoms with Crippen LogP contribution in [0.15, 0.2) is 18.2 Å². The highest BCUT2D eigenvalue weighted by atomic mass is 16.5. The predicted octanol–water partition coefficient (Wildman–Crippen LogP) is 1.32. The Kier molecular flexibility index (Phi) is 6.74. The van der Waals surface area contributed by atoms with Crippen molar-refractivity contribution >= 4 is 5.91 Å². The third-order valence-corrected chi connectivity index (χ3v) is 2.71. The number of hydrogen-bond acceptors (Lipinski definition) is 4. The summed E-state index contributed by atoms with van der Waals surface area (Å²) in [6.45, 7) is 3.85. The van der Waals surface area contributed by atoms with Gasteiger partial charge in [0.15, 0.2) is 0 Å². The van der Waals surface area contributed by atoms with Crippen molar-refractivity contribution in [3.05, 3.63) is 23.8 Å². The van der Waals surface area contributed by atoms with Crippen molar-refractivity contribution in [3.63, 3.8) is 0 Å². The summed E-state index contributed by atoms with van der Waals surface area (Å²) in [6.07, 6.45) is 0.472. The van der Waals surface area contributed by atoms with Gasteiger partial charge in [-0.3, -0.25) is 4.79 Å². The van der Waals surface area contributed by atoms with Crippen LogP contribution in [-0.2, 0) is 11.3 Å². The Balaban J connectivity index is 2.45. The number of rotatable bonds is 8. The van der Waals surface area contributed by atoms with E-state index in [2.05, 4.69) is 10.6 Å². The molecule has 0 atom stereocenters. The van der Waals surface area contributed by atoms with Crippen molar-refractivity contribution in [2.75, 3.05) is 27.3 Å². The van der Waals surface area contributed by atoms with Crippen LogP contribution in [0.25, 0.3) is 0 Å². The molecule has 1 rings (SSSR count). The maximum atomic E-state index is 11.3. The molecule has 0 aliphatic heterocycles. The average Bonchev–Trinajstić information content (AvgIpc) is 2.43. The Morgan fingerprint density at radius 2 is 2.05 bits per heavy atom. The monoisotopic (exact) mass is 266 g/mol. The van der Waals surface area contributed by atoms with Crippen LogP contribution in [0, 0.1) is 0 Å². The van der Waals surface area contributed by atoms with Crippen LogP contribution >= 0.6 is 0 Å². The summed E-state index contributed by atoms with van der Waals surface area (Å²) in [7, 11) is 3.27. The molecule has 0 aliphatic carbocycles. The van der Waals surface area contributed by atoms with E-state index in [1.807, 2.05) is 25.1 Å². The Hall–Kier alpha value is -1.75. The normalized spacial score (nSPS) is 10.1. The third-order valence-electron chi connectivity index (χ3n) is 2.71. The molecule has 1 aromatic carbocycles. The van der Waals surface area contributed by atoms with E-state index in [1.165, 1.54) is 0 Å². The lowest BCUT2D eigenvalue weighted by Gasteiger charge is -2.11. The Morgan fingerprint density at radius 3 is 2.68 bits per heavy atom. The van der Waals surface area contributed by atoms with Crippen molar-refractivity contribution in [2.24, 2.45) is 0 Å². The largest absolute Gasteiger partial charge is 0.497 e. The number of amides is 1. The molecule has 2 N–H and O–H groups in total. The predicted molar refractivity (Wildman–Crippen MR) is 74.6 cm³/mol. The van der Waals surface area contributed by atoms with E-state index in [4.69, 9.17) is 9.47 Å². The lowest BCUT2D eigenvalue weighted by Crippen LogP contribution is -2.27. The van der Waals surface area contributed by atoms with Crippen molar-refractivity contribution in [3.8, 4) is 11.5 Å². The minimum absolute atomic E-state index is 0.0626. The van der Waals surface area contributed by atoms with Gasteiger partial charge in [-0.1, -0.05) is 0 Å². The molecule has 19 heavy (non-hydrogen) atoms. The molecule has 0 spiro atoms. The Morgan fingerprint density at radius 1 is 1.26 bits per heavy atom. The van der Waals surface area contributed by atoms with Gasteiger partial charge in [0.2, 0.25) is 5.91 Å². The fourth-order valence-electron chi connectivity index (χ4n) is 1.73. The van der Waals surface area contributed by atoms with Gasteiger partial charge in [0.25, 0.3) is 0 Å². The summed E-state index contributed by atoms with van der Waals surface area (Å²) >= 11 is 0. The summed E-state index contributed by atoms with van der Waals surface area (Å²) in [5, 5.41) is 5.98. The molecule has 0 bridgehead atoms. The van der Waals surface area contributed by atoms with Crippen LogP contribution in [0.4, 0.5) is 0 Å². The van der Waals surface area contributed by atoms with Gasteiger partial charge in [-0.05, 0) is 25.1 Å². The molecular formula is C14H22N2O3. The van der Waals surface area contributed by atoms with Crippen LogP contribution in [0.5, 0.6) is 11.5 Å². The summed E-state index contributed by atoms with van der Waals surface area (Å²) in [4.78, 5) is 11.3. The van der Waals surface area contributed by atoms with Crippen molar-refractivity contribution in [2.45, 2.75) is 19.9 Å². The molecule has 0 aliphatic rings. The van der Waals surface area contributed by atoms with E-state index in [-0.39, 0.29) is 5.91 Å². The van der Waals surface area contributed by atoms with Gasteiger partial charge >= 0.3 is 0 Å². The second kappa shape index (κ2) is 8.37. The van der Waals surface area contributed by atoms with Crippen LogP contribution < -0.4 is 20.1 Å². The van der Waals surface area contributed by atoms with Crippen LogP contribution in [0.1, 0.15) is 18.9 Å². The SMILES string of the molecule is CCNC(=O)CCNCc1cc(OC)ccc1OC. The lowest BCUT2D eigenvalue weighted by atomic mass is 10.2. The minimum Gasteiger partial charge on any atom is -0.497 e. The molecule has 1 aromatic rings. The van der Waals surface area contributed by atoms with Gasteiger partial charge in [-0.15, -0.1) is 0 Å². The number of methoxy groups -OCH3 is 2. The Bertz CT molecular complexity index is 408. The topological polar surface area (TPSA) is 59.6 Å². The van der Waals surface area contributed by atoms with Gasteiger partial charge in [-0.2, -0.15) is 0 Å². The zero-order valence-electron chi connectivity index (χ0n) is 11.8. The average molecular weight is 266 g/mol. The van der Waals surface area contributed by atoms with Crippen LogP contribution in [-0.4, -0.2) is 33.2 Å². The maximum Gasteiger partial charge on any atom is 0.221 e. The van der Waals surface area contributed by atoms with E-state index in [9.17, 15) is 4.79 Å². The number of carbonyl (C=O) groups excluding carboxylic acids is 1. The molecule has 106 valence electrons. The smallest absolute Gasteiger partial charge is 0.221 e. The van der Waals surface area contributed by atoms with E-state index < -0.39 is 0 Å². The van der Waals surface area contributed by atoms with E-state index >= 15 is 0 Å². The zero-order valence-corrected chi connectivity index (χ0v) is 11.8. The molecule has 0 unspecified atom stereocenters. The molecular weight excluding hydrogens is 244 g/mol. The molecule has 0 saturated heterocycles. The second-order valence-corrected chi connectivity index (χ2v) is 4.06. The van der Waals surface area contributed by atoms with Crippen molar-refractivity contribution in [1.82, 2.24) is 10.6 Å². The summed E-state index contributed by atoms with van der Waals surface area (Å²) < 4.78 is 10.5. The molecule has 5 heteroatoms. The first-order valence-corrected chi connectivity index (χ1v) is 6.39. The number of carbonyl (C=O) groups is 1. The summed E-state index contributed by atoms with van der Waals surface area (Å²) in [5.41, 5.74) is 1.01. The van der Waals surface area contributed by atoms with Crippen LogP contribution in [0.3, 0.4) is 0 Å². The quantitative estimate of drug-likeness (QED) is 0.697. The first-order valence-electron chi connectivity index (χ1n) is 6.39. The van der Waals surface area contributed by atoms with Crippen molar-refractivity contribution in [1.29, 1.82) is 0 Å². The summed E-state index contributed by atoms with van der Waals surface area (Å²) in [6, 6.07) is 5.66. The third kappa shape index (κ3) is 5.18. The number of nitrogens with one attached hydrogen (secondary N) is 2. The first-order chi connectivity index (χ1) is 9.21. The van der Waals surface area contributed by atoms with E-state index in [1.54, 1.807) is 14.2 Å². The summed E-state index contributed by atoms with van der Waals surface area (Å²) in [5.74, 6) is 1.67. The highest BCUT2D eigenvalue weighted by molar-refractivity contribution is 5.75. The Labute approximate surface area is 114 Å². The second-order valence-electron chi connectivity index (χ2n) is 4.06. The lowest BCUT2D eigenvalue weighted by molar-refractivity contribution is -0.120. The molecule has 0 aromatic heterocycles. The number of benzene rings is 1. The van der Waals surface area contributed by atoms with Crippen molar-refractivity contribution < 1.29 is 14.3 Å². The highest BCUT2D eigenvalue weighted by Crippen LogP contribution is 2.23. The fourth-order valence-corrected chi connectivity index (χ4v) is 1.73. The van der Waals surface area contributed by atoms with Crippen LogP contribution in [0.2, 0.25) is 0 Å². The molecule has 0 fully saturated rings. The van der Waals surface area contributed by atoms with Gasteiger partial charge in [0.05, 0.1) is 14.2 Å². The molecule has 1 amide bonds. The number of hydrogen-bond donors (Lipinski definition) is 2. The van der Waals surface area contributed by atoms with E-state index in [0.29, 0.717) is 26.1 Å². The minimum atomic E-state index is 0.0626.